The molecule has 1 N–H and O–H groups in total. The lowest BCUT2D eigenvalue weighted by Crippen LogP contribution is -1.92. The van der Waals surface area contributed by atoms with Crippen LogP contribution in [0.3, 0.4) is 0 Å². The highest BCUT2D eigenvalue weighted by atomic mass is 32.1. The summed E-state index contributed by atoms with van der Waals surface area (Å²) in [5.41, 5.74) is 4.27. The minimum absolute atomic E-state index is 0.479. The van der Waals surface area contributed by atoms with Crippen LogP contribution >= 0.6 is 11.3 Å². The van der Waals surface area contributed by atoms with Gasteiger partial charge in [0.2, 0.25) is 0 Å². The summed E-state index contributed by atoms with van der Waals surface area (Å²) in [6.45, 7) is 2.03. The molecule has 0 saturated carbocycles. The van der Waals surface area contributed by atoms with E-state index >= 15 is 0 Å². The molecule has 0 amide bonds. The van der Waals surface area contributed by atoms with Crippen LogP contribution in [-0.2, 0) is 0 Å². The molecule has 5 nitrogen and oxygen atoms in total. The monoisotopic (exact) mass is 377 g/mol. The summed E-state index contributed by atoms with van der Waals surface area (Å²) < 4.78 is 10.6. The number of methoxy groups -OCH3 is 2. The van der Waals surface area contributed by atoms with Gasteiger partial charge in [0.15, 0.2) is 11.5 Å². The van der Waals surface area contributed by atoms with Gasteiger partial charge in [-0.2, -0.15) is 5.26 Å². The van der Waals surface area contributed by atoms with Gasteiger partial charge < -0.3 is 14.8 Å². The molecule has 0 aliphatic rings. The number of aromatic nitrogens is 1. The number of thiazole rings is 1. The molecule has 0 radical (unpaired) electrons. The maximum atomic E-state index is 9.50. The summed E-state index contributed by atoms with van der Waals surface area (Å²) in [6.07, 6.45) is 1.68. The standard InChI is InChI=1S/C21H19N3O2S/c1-14-4-7-17(8-5-14)23-12-16(11-22)21-24-18(13-27-21)15-6-9-19(25-2)20(10-15)26-3/h4-10,12-13,23H,1-3H3. The molecule has 2 aromatic carbocycles. The number of nitrogens with zero attached hydrogens (tertiary/aromatic N) is 2. The van der Waals surface area contributed by atoms with E-state index in [9.17, 15) is 5.26 Å². The van der Waals surface area contributed by atoms with Gasteiger partial charge in [0.25, 0.3) is 0 Å². The number of hydrogen-bond acceptors (Lipinski definition) is 6. The third kappa shape index (κ3) is 4.27. The molecular weight excluding hydrogens is 358 g/mol. The van der Waals surface area contributed by atoms with Crippen LogP contribution in [0.1, 0.15) is 10.6 Å². The highest BCUT2D eigenvalue weighted by molar-refractivity contribution is 7.11. The number of nitrogens with one attached hydrogen (secondary N) is 1. The van der Waals surface area contributed by atoms with Crippen molar-refractivity contribution in [3.05, 3.63) is 64.6 Å². The first-order valence-electron chi connectivity index (χ1n) is 8.26. The lowest BCUT2D eigenvalue weighted by Gasteiger charge is -2.08. The molecule has 0 aliphatic carbocycles. The van der Waals surface area contributed by atoms with Crippen molar-refractivity contribution >= 4 is 22.6 Å². The molecule has 0 atom stereocenters. The predicted octanol–water partition coefficient (Wildman–Crippen LogP) is 5.11. The predicted molar refractivity (Wildman–Crippen MR) is 109 cm³/mol. The second kappa shape index (κ2) is 8.39. The average molecular weight is 377 g/mol. The van der Waals surface area contributed by atoms with Gasteiger partial charge in [-0.05, 0) is 37.3 Å². The number of nitriles is 1. The topological polar surface area (TPSA) is 67.2 Å². The van der Waals surface area contributed by atoms with E-state index in [-0.39, 0.29) is 0 Å². The Morgan fingerprint density at radius 2 is 1.85 bits per heavy atom. The Morgan fingerprint density at radius 3 is 2.52 bits per heavy atom. The number of rotatable bonds is 6. The average Bonchev–Trinajstić information content (AvgIpc) is 3.19. The Kier molecular flexibility index (Phi) is 5.74. The fourth-order valence-electron chi connectivity index (χ4n) is 2.47. The zero-order valence-electron chi connectivity index (χ0n) is 15.3. The Bertz CT molecular complexity index is 1000. The molecular formula is C21H19N3O2S. The number of ether oxygens (including phenoxy) is 2. The molecule has 136 valence electrons. The molecule has 0 saturated heterocycles. The van der Waals surface area contributed by atoms with Crippen LogP contribution in [0.2, 0.25) is 0 Å². The maximum absolute atomic E-state index is 9.50. The smallest absolute Gasteiger partial charge is 0.161 e. The highest BCUT2D eigenvalue weighted by Crippen LogP contribution is 2.33. The van der Waals surface area contributed by atoms with Crippen molar-refractivity contribution in [1.82, 2.24) is 4.98 Å². The number of aryl methyl sites for hydroxylation is 1. The molecule has 0 fully saturated rings. The van der Waals surface area contributed by atoms with Gasteiger partial charge in [-0.1, -0.05) is 17.7 Å². The molecule has 0 bridgehead atoms. The van der Waals surface area contributed by atoms with Crippen molar-refractivity contribution < 1.29 is 9.47 Å². The molecule has 3 rings (SSSR count). The SMILES string of the molecule is COc1ccc(-c2csc(C(C#N)=CNc3ccc(C)cc3)n2)cc1OC. The molecule has 0 unspecified atom stereocenters. The lowest BCUT2D eigenvalue weighted by molar-refractivity contribution is 0.355. The van der Waals surface area contributed by atoms with Gasteiger partial charge in [-0.25, -0.2) is 4.98 Å². The second-order valence-corrected chi connectivity index (χ2v) is 6.65. The van der Waals surface area contributed by atoms with Crippen LogP contribution < -0.4 is 14.8 Å². The van der Waals surface area contributed by atoms with E-state index in [1.807, 2.05) is 54.8 Å². The van der Waals surface area contributed by atoms with Gasteiger partial charge in [0.1, 0.15) is 16.6 Å². The van der Waals surface area contributed by atoms with E-state index in [2.05, 4.69) is 16.4 Å². The van der Waals surface area contributed by atoms with E-state index in [1.165, 1.54) is 16.9 Å². The van der Waals surface area contributed by atoms with Gasteiger partial charge in [0, 0.05) is 22.8 Å². The fourth-order valence-corrected chi connectivity index (χ4v) is 3.27. The summed E-state index contributed by atoms with van der Waals surface area (Å²) in [6, 6.07) is 15.8. The zero-order valence-corrected chi connectivity index (χ0v) is 16.1. The van der Waals surface area contributed by atoms with Gasteiger partial charge in [-0.3, -0.25) is 0 Å². The number of hydrogen-bond donors (Lipinski definition) is 1. The Hall–Kier alpha value is -3.30. The fraction of sp³-hybridized carbons (Fsp3) is 0.143. The molecule has 0 spiro atoms. The van der Waals surface area contributed by atoms with Gasteiger partial charge in [-0.15, -0.1) is 11.3 Å². The molecule has 1 aromatic heterocycles. The quantitative estimate of drug-likeness (QED) is 0.605. The van der Waals surface area contributed by atoms with Gasteiger partial charge in [0.05, 0.1) is 19.9 Å². The van der Waals surface area contributed by atoms with Crippen molar-refractivity contribution in [3.63, 3.8) is 0 Å². The highest BCUT2D eigenvalue weighted by Gasteiger charge is 2.11. The molecule has 27 heavy (non-hydrogen) atoms. The molecule has 3 aromatic rings. The van der Waals surface area contributed by atoms with Crippen LogP contribution in [0.5, 0.6) is 11.5 Å². The Labute approximate surface area is 162 Å². The van der Waals surface area contributed by atoms with Crippen LogP contribution in [0.25, 0.3) is 16.8 Å². The normalized spacial score (nSPS) is 11.0. The number of allylic oxidation sites excluding steroid dienone is 1. The van der Waals surface area contributed by atoms with Crippen LogP contribution in [0.4, 0.5) is 5.69 Å². The largest absolute Gasteiger partial charge is 0.493 e. The minimum Gasteiger partial charge on any atom is -0.493 e. The Balaban J connectivity index is 1.84. The molecule has 6 heteroatoms. The van der Waals surface area contributed by atoms with Crippen molar-refractivity contribution in [1.29, 1.82) is 5.26 Å². The first-order chi connectivity index (χ1) is 13.1. The third-order valence-electron chi connectivity index (χ3n) is 3.97. The van der Waals surface area contributed by atoms with Crippen LogP contribution in [0, 0.1) is 18.3 Å². The Morgan fingerprint density at radius 1 is 1.11 bits per heavy atom. The first kappa shape index (κ1) is 18.5. The van der Waals surface area contributed by atoms with E-state index < -0.39 is 0 Å². The van der Waals surface area contributed by atoms with Crippen molar-refractivity contribution in [3.8, 4) is 28.8 Å². The maximum Gasteiger partial charge on any atom is 0.161 e. The lowest BCUT2D eigenvalue weighted by atomic mass is 10.1. The van der Waals surface area contributed by atoms with Crippen molar-refractivity contribution in [2.75, 3.05) is 19.5 Å². The van der Waals surface area contributed by atoms with Gasteiger partial charge >= 0.3 is 0 Å². The first-order valence-corrected chi connectivity index (χ1v) is 9.14. The second-order valence-electron chi connectivity index (χ2n) is 5.79. The van der Waals surface area contributed by atoms with Crippen LogP contribution in [-0.4, -0.2) is 19.2 Å². The van der Waals surface area contributed by atoms with E-state index in [0.717, 1.165) is 16.9 Å². The zero-order chi connectivity index (χ0) is 19.2. The van der Waals surface area contributed by atoms with E-state index in [4.69, 9.17) is 9.47 Å². The summed E-state index contributed by atoms with van der Waals surface area (Å²) in [4.78, 5) is 4.60. The summed E-state index contributed by atoms with van der Waals surface area (Å²) in [5, 5.41) is 15.2. The van der Waals surface area contributed by atoms with Crippen LogP contribution in [0.15, 0.2) is 54.0 Å². The number of anilines is 1. The summed E-state index contributed by atoms with van der Waals surface area (Å²) in [5.74, 6) is 1.30. The van der Waals surface area contributed by atoms with Crippen molar-refractivity contribution in [2.45, 2.75) is 6.92 Å². The minimum atomic E-state index is 0.479. The van der Waals surface area contributed by atoms with E-state index in [1.54, 1.807) is 20.4 Å². The third-order valence-corrected chi connectivity index (χ3v) is 4.84. The van der Waals surface area contributed by atoms with E-state index in [0.29, 0.717) is 22.1 Å². The number of benzene rings is 2. The summed E-state index contributed by atoms with van der Waals surface area (Å²) in [7, 11) is 3.20. The summed E-state index contributed by atoms with van der Waals surface area (Å²) >= 11 is 1.42. The van der Waals surface area contributed by atoms with Crippen molar-refractivity contribution in [2.24, 2.45) is 0 Å². The molecule has 0 aliphatic heterocycles. The molecule has 1 heterocycles.